The number of fused-ring (bicyclic) bond motifs is 3. The SMILES string of the molecule is c1cccc(-c2nc(C3C=CC(c4ccccc4)=CC3)nc(C3C=CC(c4ccc5c(c4)oc4ccccc45)=CC3)n2)c#1. The molecule has 4 heteroatoms. The lowest BCUT2D eigenvalue weighted by Crippen LogP contribution is -2.13. The third-order valence-corrected chi connectivity index (χ3v) is 8.24. The van der Waals surface area contributed by atoms with Crippen LogP contribution in [0.5, 0.6) is 0 Å². The van der Waals surface area contributed by atoms with Gasteiger partial charge < -0.3 is 4.42 Å². The molecule has 4 nitrogen and oxygen atoms in total. The summed E-state index contributed by atoms with van der Waals surface area (Å²) in [4.78, 5) is 14.9. The van der Waals surface area contributed by atoms with Gasteiger partial charge in [-0.15, -0.1) is 0 Å². The Morgan fingerprint density at radius 2 is 1.33 bits per heavy atom. The van der Waals surface area contributed by atoms with Gasteiger partial charge >= 0.3 is 0 Å². The second-order valence-corrected chi connectivity index (χ2v) is 11.0. The van der Waals surface area contributed by atoms with Gasteiger partial charge in [-0.3, -0.25) is 0 Å². The van der Waals surface area contributed by atoms with Gasteiger partial charge in [-0.2, -0.15) is 0 Å². The van der Waals surface area contributed by atoms with Gasteiger partial charge in [0.05, 0.1) is 5.56 Å². The molecule has 8 rings (SSSR count). The normalized spacial score (nSPS) is 18.0. The summed E-state index contributed by atoms with van der Waals surface area (Å²) in [5, 5.41) is 2.28. The molecule has 0 amide bonds. The maximum absolute atomic E-state index is 6.14. The quantitative estimate of drug-likeness (QED) is 0.213. The molecule has 0 bridgehead atoms. The average molecular weight is 554 g/mol. The van der Waals surface area contributed by atoms with Crippen molar-refractivity contribution in [3.8, 4) is 11.4 Å². The van der Waals surface area contributed by atoms with Crippen LogP contribution in [-0.4, -0.2) is 15.0 Å². The van der Waals surface area contributed by atoms with E-state index in [0.717, 1.165) is 57.6 Å². The van der Waals surface area contributed by atoms with Crippen molar-refractivity contribution in [2.45, 2.75) is 24.7 Å². The molecular formula is C39H27N3O. The molecule has 204 valence electrons. The second-order valence-electron chi connectivity index (χ2n) is 11.0. The average Bonchev–Trinajstić information content (AvgIpc) is 3.47. The predicted molar refractivity (Wildman–Crippen MR) is 172 cm³/mol. The van der Waals surface area contributed by atoms with E-state index in [1.54, 1.807) is 0 Å². The first-order valence-corrected chi connectivity index (χ1v) is 14.7. The van der Waals surface area contributed by atoms with Crippen LogP contribution in [0.2, 0.25) is 0 Å². The third kappa shape index (κ3) is 4.86. The number of hydrogen-bond acceptors (Lipinski definition) is 4. The molecule has 0 aliphatic heterocycles. The van der Waals surface area contributed by atoms with Gasteiger partial charge in [0.2, 0.25) is 0 Å². The van der Waals surface area contributed by atoms with Gasteiger partial charge in [-0.25, -0.2) is 15.0 Å². The van der Waals surface area contributed by atoms with E-state index in [4.69, 9.17) is 19.4 Å². The largest absolute Gasteiger partial charge is 0.456 e. The van der Waals surface area contributed by atoms with E-state index in [1.807, 2.05) is 42.5 Å². The van der Waals surface area contributed by atoms with Crippen molar-refractivity contribution in [2.24, 2.45) is 0 Å². The fourth-order valence-electron chi connectivity index (χ4n) is 5.93. The van der Waals surface area contributed by atoms with E-state index in [0.29, 0.717) is 5.82 Å². The molecule has 0 N–H and O–H groups in total. The lowest BCUT2D eigenvalue weighted by atomic mass is 9.91. The zero-order valence-corrected chi connectivity index (χ0v) is 23.4. The minimum atomic E-state index is 0.0508. The molecule has 2 aliphatic rings. The molecular weight excluding hydrogens is 526 g/mol. The van der Waals surface area contributed by atoms with Crippen LogP contribution in [-0.2, 0) is 0 Å². The molecule has 0 saturated heterocycles. The second kappa shape index (κ2) is 10.7. The van der Waals surface area contributed by atoms with Crippen molar-refractivity contribution in [1.82, 2.24) is 15.0 Å². The Hall–Kier alpha value is -5.53. The summed E-state index contributed by atoms with van der Waals surface area (Å²) in [5.74, 6) is 2.34. The number of furan rings is 1. The van der Waals surface area contributed by atoms with Gasteiger partial charge in [-0.1, -0.05) is 109 Å². The topological polar surface area (TPSA) is 51.8 Å². The van der Waals surface area contributed by atoms with Crippen LogP contribution >= 0.6 is 0 Å². The molecule has 0 fully saturated rings. The third-order valence-electron chi connectivity index (χ3n) is 8.24. The van der Waals surface area contributed by atoms with E-state index in [2.05, 4.69) is 97.1 Å². The van der Waals surface area contributed by atoms with Crippen molar-refractivity contribution in [3.05, 3.63) is 162 Å². The maximum atomic E-state index is 6.14. The highest BCUT2D eigenvalue weighted by Crippen LogP contribution is 2.35. The van der Waals surface area contributed by atoms with Crippen LogP contribution in [0, 0.1) is 12.1 Å². The molecule has 6 aromatic rings. The number of hydrogen-bond donors (Lipinski definition) is 0. The Morgan fingerprint density at radius 1 is 0.628 bits per heavy atom. The fourth-order valence-corrected chi connectivity index (χ4v) is 5.93. The summed E-state index contributed by atoms with van der Waals surface area (Å²) in [6.45, 7) is 0. The number of nitrogens with zero attached hydrogens (tertiary/aromatic N) is 3. The molecule has 0 spiro atoms. The van der Waals surface area contributed by atoms with Crippen LogP contribution < -0.4 is 0 Å². The number of para-hydroxylation sites is 1. The van der Waals surface area contributed by atoms with Crippen molar-refractivity contribution >= 4 is 33.1 Å². The molecule has 0 radical (unpaired) electrons. The first-order valence-electron chi connectivity index (χ1n) is 14.7. The highest BCUT2D eigenvalue weighted by Gasteiger charge is 2.22. The summed E-state index contributed by atoms with van der Waals surface area (Å²) in [5.41, 5.74) is 7.40. The molecule has 43 heavy (non-hydrogen) atoms. The molecule has 2 heterocycles. The van der Waals surface area contributed by atoms with Crippen LogP contribution in [0.25, 0.3) is 44.5 Å². The van der Waals surface area contributed by atoms with E-state index in [1.165, 1.54) is 16.7 Å². The molecule has 4 aromatic carbocycles. The number of aromatic nitrogens is 3. The monoisotopic (exact) mass is 553 g/mol. The number of benzene rings is 3. The number of allylic oxidation sites excluding steroid dienone is 8. The molecule has 2 unspecified atom stereocenters. The summed E-state index contributed by atoms with van der Waals surface area (Å²) >= 11 is 0. The van der Waals surface area contributed by atoms with Gasteiger partial charge in [-0.05, 0) is 65.4 Å². The van der Waals surface area contributed by atoms with E-state index in [9.17, 15) is 0 Å². The predicted octanol–water partition coefficient (Wildman–Crippen LogP) is 9.29. The highest BCUT2D eigenvalue weighted by molar-refractivity contribution is 6.05. The Morgan fingerprint density at radius 3 is 2.02 bits per heavy atom. The van der Waals surface area contributed by atoms with Gasteiger partial charge in [0.25, 0.3) is 0 Å². The smallest absolute Gasteiger partial charge is 0.171 e. The van der Waals surface area contributed by atoms with Gasteiger partial charge in [0, 0.05) is 22.6 Å². The maximum Gasteiger partial charge on any atom is 0.171 e. The zero-order valence-electron chi connectivity index (χ0n) is 23.4. The van der Waals surface area contributed by atoms with Gasteiger partial charge in [0.15, 0.2) is 5.82 Å². The standard InChI is InChI=1S/C39H27N3O/c1-3-9-26(10-4-1)27-15-19-30(20-16-27)38-40-37(29-11-5-2-6-12-29)41-39(42-38)31-21-17-28(18-22-31)32-23-24-34-33-13-7-8-14-35(33)43-36(34)25-32/h1-5,7-11,13-19,21,23-25,30-31H,20,22H2. The Labute approximate surface area is 250 Å². The van der Waals surface area contributed by atoms with Crippen molar-refractivity contribution in [3.63, 3.8) is 0 Å². The van der Waals surface area contributed by atoms with Crippen LogP contribution in [0.1, 0.15) is 47.5 Å². The minimum absolute atomic E-state index is 0.0508. The summed E-state index contributed by atoms with van der Waals surface area (Å²) in [6, 6.07) is 37.1. The summed E-state index contributed by atoms with van der Waals surface area (Å²) < 4.78 is 6.14. The summed E-state index contributed by atoms with van der Waals surface area (Å²) in [7, 11) is 0. The lowest BCUT2D eigenvalue weighted by Gasteiger charge is -2.19. The Balaban J connectivity index is 1.09. The van der Waals surface area contributed by atoms with Crippen LogP contribution in [0.3, 0.4) is 0 Å². The van der Waals surface area contributed by atoms with E-state index in [-0.39, 0.29) is 11.8 Å². The van der Waals surface area contributed by atoms with Crippen molar-refractivity contribution < 1.29 is 4.42 Å². The van der Waals surface area contributed by atoms with Crippen molar-refractivity contribution in [2.75, 3.05) is 0 Å². The minimum Gasteiger partial charge on any atom is -0.456 e. The van der Waals surface area contributed by atoms with Gasteiger partial charge in [0.1, 0.15) is 22.8 Å². The van der Waals surface area contributed by atoms with Crippen LogP contribution in [0.4, 0.5) is 0 Å². The zero-order chi connectivity index (χ0) is 28.6. The highest BCUT2D eigenvalue weighted by atomic mass is 16.3. The summed E-state index contributed by atoms with van der Waals surface area (Å²) in [6.07, 6.45) is 15.0. The Bertz CT molecular complexity index is 2080. The molecule has 2 aliphatic carbocycles. The molecule has 0 saturated carbocycles. The van der Waals surface area contributed by atoms with Crippen LogP contribution in [0.15, 0.2) is 132 Å². The number of rotatable bonds is 5. The molecule has 2 atom stereocenters. The fraction of sp³-hybridized carbons (Fsp3) is 0.103. The Kier molecular flexibility index (Phi) is 6.27. The van der Waals surface area contributed by atoms with E-state index >= 15 is 0 Å². The van der Waals surface area contributed by atoms with E-state index < -0.39 is 0 Å². The molecule has 2 aromatic heterocycles. The first-order chi connectivity index (χ1) is 21.3. The first kappa shape index (κ1) is 25.2. The lowest BCUT2D eigenvalue weighted by molar-refractivity contribution is 0.669. The van der Waals surface area contributed by atoms with Crippen molar-refractivity contribution in [1.29, 1.82) is 0 Å².